The minimum atomic E-state index is -0.238. The molecule has 156 valence electrons. The van der Waals surface area contributed by atoms with Gasteiger partial charge >= 0.3 is 6.03 Å². The van der Waals surface area contributed by atoms with Gasteiger partial charge in [-0.25, -0.2) is 4.79 Å². The third-order valence-electron chi connectivity index (χ3n) is 5.52. The highest BCUT2D eigenvalue weighted by Crippen LogP contribution is 2.35. The van der Waals surface area contributed by atoms with Gasteiger partial charge in [0.2, 0.25) is 0 Å². The summed E-state index contributed by atoms with van der Waals surface area (Å²) in [5.41, 5.74) is 1.72. The molecule has 0 bridgehead atoms. The summed E-state index contributed by atoms with van der Waals surface area (Å²) in [5.74, 6) is 0. The number of rotatable bonds is 5. The van der Waals surface area contributed by atoms with Crippen LogP contribution in [0.2, 0.25) is 15.1 Å². The Morgan fingerprint density at radius 3 is 2.59 bits per heavy atom. The monoisotopic (exact) mass is 453 g/mol. The van der Waals surface area contributed by atoms with E-state index in [1.807, 2.05) is 48.2 Å². The molecular weight excluding hydrogens is 429 g/mol. The molecule has 7 heteroatoms. The van der Waals surface area contributed by atoms with Gasteiger partial charge in [-0.15, -0.1) is 0 Å². The van der Waals surface area contributed by atoms with Crippen molar-refractivity contribution in [2.24, 2.45) is 0 Å². The van der Waals surface area contributed by atoms with Crippen molar-refractivity contribution in [3.05, 3.63) is 68.7 Å². The first-order valence-electron chi connectivity index (χ1n) is 9.84. The molecule has 0 saturated carbocycles. The van der Waals surface area contributed by atoms with Crippen LogP contribution in [0.5, 0.6) is 0 Å². The van der Waals surface area contributed by atoms with E-state index in [2.05, 4.69) is 17.3 Å². The van der Waals surface area contributed by atoms with Crippen molar-refractivity contribution in [1.82, 2.24) is 15.1 Å². The molecule has 1 aliphatic rings. The number of piperidine rings is 1. The summed E-state index contributed by atoms with van der Waals surface area (Å²) in [5, 5.41) is 4.66. The first-order valence-corrected chi connectivity index (χ1v) is 11.0. The zero-order valence-corrected chi connectivity index (χ0v) is 18.9. The lowest BCUT2D eigenvalue weighted by Crippen LogP contribution is -2.55. The Labute approximate surface area is 187 Å². The van der Waals surface area contributed by atoms with Gasteiger partial charge in [0.25, 0.3) is 0 Å². The van der Waals surface area contributed by atoms with Gasteiger partial charge in [-0.2, -0.15) is 0 Å². The second-order valence-electron chi connectivity index (χ2n) is 7.43. The summed E-state index contributed by atoms with van der Waals surface area (Å²) >= 11 is 19.0. The summed E-state index contributed by atoms with van der Waals surface area (Å²) in [6.07, 6.45) is 3.12. The quantitative estimate of drug-likeness (QED) is 0.570. The van der Waals surface area contributed by atoms with Crippen LogP contribution in [0.3, 0.4) is 0 Å². The Kier molecular flexibility index (Phi) is 7.69. The largest absolute Gasteiger partial charge is 0.334 e. The van der Waals surface area contributed by atoms with E-state index < -0.39 is 0 Å². The second kappa shape index (κ2) is 10.0. The molecule has 0 aliphatic carbocycles. The van der Waals surface area contributed by atoms with Gasteiger partial charge in [0.1, 0.15) is 0 Å². The molecule has 0 spiro atoms. The highest BCUT2D eigenvalue weighted by atomic mass is 35.5. The number of hydrogen-bond acceptors (Lipinski definition) is 2. The Balaban J connectivity index is 1.87. The Hall–Kier alpha value is -1.46. The molecule has 2 aromatic rings. The summed E-state index contributed by atoms with van der Waals surface area (Å²) in [6, 6.07) is 12.7. The molecule has 1 aliphatic heterocycles. The summed E-state index contributed by atoms with van der Waals surface area (Å²) < 4.78 is 0. The molecule has 0 aromatic heterocycles. The maximum atomic E-state index is 13.4. The zero-order chi connectivity index (χ0) is 21.0. The highest BCUT2D eigenvalue weighted by Gasteiger charge is 2.34. The zero-order valence-electron chi connectivity index (χ0n) is 16.7. The van der Waals surface area contributed by atoms with Crippen LogP contribution >= 0.6 is 34.8 Å². The van der Waals surface area contributed by atoms with E-state index in [4.69, 9.17) is 34.8 Å². The minimum absolute atomic E-state index is 0.0138. The number of likely N-dealkylation sites (tertiary alicyclic amines) is 1. The van der Waals surface area contributed by atoms with E-state index in [0.717, 1.165) is 36.9 Å². The smallest absolute Gasteiger partial charge is 0.319 e. The van der Waals surface area contributed by atoms with Crippen molar-refractivity contribution in [2.75, 3.05) is 13.6 Å². The maximum Gasteiger partial charge on any atom is 0.319 e. The normalized spacial score (nSPS) is 18.3. The standard InChI is InChI=1S/C22H26Cl3N3O/c1-15(17-9-7-11-19(24)21(17)25)28(20-12-5-6-13-27(20)2)22(29)26-14-16-8-3-4-10-18(16)23/h3-4,7-11,15,20H,5-6,12-14H2,1-2H3,(H,26,29)/t15?,20-/m0/s1. The lowest BCUT2D eigenvalue weighted by molar-refractivity contribution is 0.0337. The van der Waals surface area contributed by atoms with Crippen LogP contribution in [0.4, 0.5) is 4.79 Å². The van der Waals surface area contributed by atoms with Gasteiger partial charge < -0.3 is 10.2 Å². The number of benzene rings is 2. The lowest BCUT2D eigenvalue weighted by atomic mass is 10.0. The van der Waals surface area contributed by atoms with E-state index in [9.17, 15) is 4.79 Å². The van der Waals surface area contributed by atoms with Gasteiger partial charge in [-0.3, -0.25) is 4.90 Å². The van der Waals surface area contributed by atoms with Crippen LogP contribution in [0.15, 0.2) is 42.5 Å². The van der Waals surface area contributed by atoms with E-state index in [1.54, 1.807) is 6.07 Å². The van der Waals surface area contributed by atoms with E-state index in [1.165, 1.54) is 0 Å². The number of hydrogen-bond donors (Lipinski definition) is 1. The topological polar surface area (TPSA) is 35.6 Å². The van der Waals surface area contributed by atoms with Crippen LogP contribution in [0.1, 0.15) is 43.4 Å². The van der Waals surface area contributed by atoms with Crippen LogP contribution in [0.25, 0.3) is 0 Å². The highest BCUT2D eigenvalue weighted by molar-refractivity contribution is 6.42. The molecule has 3 rings (SSSR count). The average Bonchev–Trinajstić information content (AvgIpc) is 2.71. The number of nitrogens with zero attached hydrogens (tertiary/aromatic N) is 2. The number of nitrogens with one attached hydrogen (secondary N) is 1. The molecule has 2 amide bonds. The van der Waals surface area contributed by atoms with Crippen LogP contribution in [0, 0.1) is 0 Å². The second-order valence-corrected chi connectivity index (χ2v) is 8.63. The van der Waals surface area contributed by atoms with Gasteiger partial charge in [0.15, 0.2) is 0 Å². The van der Waals surface area contributed by atoms with Crippen molar-refractivity contribution in [2.45, 2.75) is 44.9 Å². The van der Waals surface area contributed by atoms with Crippen molar-refractivity contribution < 1.29 is 4.79 Å². The first kappa shape index (κ1) is 22.2. The van der Waals surface area contributed by atoms with Gasteiger partial charge in [0.05, 0.1) is 22.3 Å². The fraction of sp³-hybridized carbons (Fsp3) is 0.409. The molecule has 1 heterocycles. The summed E-state index contributed by atoms with van der Waals surface area (Å²) in [7, 11) is 2.06. The molecule has 1 N–H and O–H groups in total. The van der Waals surface area contributed by atoms with Crippen LogP contribution < -0.4 is 5.32 Å². The van der Waals surface area contributed by atoms with Crippen LogP contribution in [-0.2, 0) is 6.54 Å². The van der Waals surface area contributed by atoms with Crippen molar-refractivity contribution in [3.63, 3.8) is 0 Å². The molecule has 29 heavy (non-hydrogen) atoms. The fourth-order valence-electron chi connectivity index (χ4n) is 3.88. The molecule has 1 saturated heterocycles. The number of urea groups is 1. The third-order valence-corrected chi connectivity index (χ3v) is 6.73. The third kappa shape index (κ3) is 5.18. The van der Waals surface area contributed by atoms with Gasteiger partial charge in [-0.05, 0) is 63.0 Å². The SMILES string of the molecule is CC(c1cccc(Cl)c1Cl)N(C(=O)NCc1ccccc1Cl)[C@H]1CCCCN1C. The van der Waals surface area contributed by atoms with E-state index in [0.29, 0.717) is 21.6 Å². The van der Waals surface area contributed by atoms with Gasteiger partial charge in [-0.1, -0.05) is 65.1 Å². The fourth-order valence-corrected chi connectivity index (χ4v) is 4.54. The lowest BCUT2D eigenvalue weighted by Gasteiger charge is -2.44. The number of carbonyl (C=O) groups excluding carboxylic acids is 1. The molecule has 1 unspecified atom stereocenters. The van der Waals surface area contributed by atoms with Crippen molar-refractivity contribution >= 4 is 40.8 Å². The van der Waals surface area contributed by atoms with E-state index in [-0.39, 0.29) is 18.2 Å². The predicted octanol–water partition coefficient (Wildman–Crippen LogP) is 6.36. The molecule has 2 aromatic carbocycles. The Morgan fingerprint density at radius 1 is 1.14 bits per heavy atom. The summed E-state index contributed by atoms with van der Waals surface area (Å²) in [6.45, 7) is 3.31. The number of amides is 2. The van der Waals surface area contributed by atoms with Crippen molar-refractivity contribution in [3.8, 4) is 0 Å². The van der Waals surface area contributed by atoms with Gasteiger partial charge in [0, 0.05) is 11.6 Å². The molecule has 2 atom stereocenters. The predicted molar refractivity (Wildman–Crippen MR) is 121 cm³/mol. The molecule has 1 fully saturated rings. The number of carbonyl (C=O) groups is 1. The van der Waals surface area contributed by atoms with E-state index >= 15 is 0 Å². The Morgan fingerprint density at radius 2 is 1.86 bits per heavy atom. The van der Waals surface area contributed by atoms with Crippen molar-refractivity contribution in [1.29, 1.82) is 0 Å². The minimum Gasteiger partial charge on any atom is -0.334 e. The first-order chi connectivity index (χ1) is 13.9. The average molecular weight is 455 g/mol. The molecule has 4 nitrogen and oxygen atoms in total. The molecular formula is C22H26Cl3N3O. The number of halogens is 3. The summed E-state index contributed by atoms with van der Waals surface area (Å²) in [4.78, 5) is 17.5. The molecule has 0 radical (unpaired) electrons. The Bertz CT molecular complexity index is 861. The maximum absolute atomic E-state index is 13.4. The van der Waals surface area contributed by atoms with Crippen LogP contribution in [-0.4, -0.2) is 35.6 Å².